The number of hydrogen-bond acceptors (Lipinski definition) is 0. The van der Waals surface area contributed by atoms with Crippen LogP contribution in [-0.2, 0) is 0 Å². The van der Waals surface area contributed by atoms with Crippen LogP contribution in [0.5, 0.6) is 0 Å². The summed E-state index contributed by atoms with van der Waals surface area (Å²) in [6, 6.07) is 83.4. The molecular weight excluding hydrogens is 711 g/mol. The molecule has 0 saturated heterocycles. The molecule has 276 valence electrons. The van der Waals surface area contributed by atoms with Crippen LogP contribution in [0.1, 0.15) is 45.2 Å². The van der Waals surface area contributed by atoms with Crippen molar-refractivity contribution in [2.45, 2.75) is 11.8 Å². The van der Waals surface area contributed by atoms with Gasteiger partial charge in [0.2, 0.25) is 0 Å². The molecule has 1 aliphatic rings. The van der Waals surface area contributed by atoms with Gasteiger partial charge in [-0.25, -0.2) is 0 Å². The molecule has 1 heteroatoms. The molecule has 2 unspecified atom stereocenters. The minimum atomic E-state index is 0.0206. The molecule has 1 nitrogen and oxygen atoms in total. The third kappa shape index (κ3) is 5.39. The van der Waals surface area contributed by atoms with Crippen molar-refractivity contribution >= 4 is 43.4 Å². The Bertz CT molecular complexity index is 3350. The Labute approximate surface area is 344 Å². The molecule has 0 radical (unpaired) electrons. The fraction of sp³-hybridized carbons (Fsp3) is 0.0345. The van der Waals surface area contributed by atoms with Crippen LogP contribution in [0.2, 0.25) is 0 Å². The first kappa shape index (κ1) is 33.6. The van der Waals surface area contributed by atoms with Crippen molar-refractivity contribution in [3.05, 3.63) is 258 Å². The third-order valence-electron chi connectivity index (χ3n) is 12.8. The summed E-state index contributed by atoms with van der Waals surface area (Å²) in [4.78, 5) is 0. The van der Waals surface area contributed by atoms with Crippen molar-refractivity contribution in [3.8, 4) is 27.9 Å². The normalized spacial score (nSPS) is 13.9. The van der Waals surface area contributed by atoms with Gasteiger partial charge in [0, 0.05) is 28.3 Å². The quantitative estimate of drug-likeness (QED) is 0.149. The van der Waals surface area contributed by atoms with Crippen LogP contribution in [-0.4, -0.2) is 4.57 Å². The lowest BCUT2D eigenvalue weighted by molar-refractivity contribution is 0.955. The maximum absolute atomic E-state index is 2.44. The Kier molecular flexibility index (Phi) is 7.74. The topological polar surface area (TPSA) is 4.93 Å². The molecule has 0 aliphatic heterocycles. The predicted molar refractivity (Wildman–Crippen MR) is 248 cm³/mol. The molecule has 0 N–H and O–H groups in total. The van der Waals surface area contributed by atoms with Crippen molar-refractivity contribution in [2.24, 2.45) is 0 Å². The predicted octanol–water partition coefficient (Wildman–Crippen LogP) is 15.1. The molecule has 1 aliphatic carbocycles. The Morgan fingerprint density at radius 3 is 1.78 bits per heavy atom. The first-order valence-corrected chi connectivity index (χ1v) is 20.7. The Morgan fingerprint density at radius 2 is 0.983 bits per heavy atom. The van der Waals surface area contributed by atoms with Crippen molar-refractivity contribution in [1.29, 1.82) is 0 Å². The molecule has 0 fully saturated rings. The highest BCUT2D eigenvalue weighted by molar-refractivity contribution is 6.11. The molecule has 0 spiro atoms. The minimum Gasteiger partial charge on any atom is -0.309 e. The summed E-state index contributed by atoms with van der Waals surface area (Å²) in [7, 11) is 0. The van der Waals surface area contributed by atoms with E-state index in [1.807, 2.05) is 0 Å². The zero-order valence-corrected chi connectivity index (χ0v) is 32.5. The highest BCUT2D eigenvalue weighted by atomic mass is 15.0. The molecule has 10 aromatic carbocycles. The summed E-state index contributed by atoms with van der Waals surface area (Å²) in [5, 5.41) is 7.79. The van der Waals surface area contributed by atoms with Crippen LogP contribution in [0.15, 0.2) is 224 Å². The second-order valence-electron chi connectivity index (χ2n) is 16.0. The van der Waals surface area contributed by atoms with Gasteiger partial charge < -0.3 is 4.57 Å². The van der Waals surface area contributed by atoms with E-state index in [1.54, 1.807) is 0 Å². The van der Waals surface area contributed by atoms with E-state index in [0.29, 0.717) is 0 Å². The van der Waals surface area contributed by atoms with Gasteiger partial charge in [-0.2, -0.15) is 0 Å². The number of fused-ring (bicyclic) bond motifs is 7. The molecular formula is C58H39N. The van der Waals surface area contributed by atoms with E-state index in [4.69, 9.17) is 0 Å². The number of hydrogen-bond donors (Lipinski definition) is 0. The lowest BCUT2D eigenvalue weighted by Crippen LogP contribution is -2.11. The van der Waals surface area contributed by atoms with Crippen molar-refractivity contribution < 1.29 is 0 Å². The van der Waals surface area contributed by atoms with E-state index >= 15 is 0 Å². The SMILES string of the molecule is c1ccc(-c2ccc(C(c3ccc(C4c5ccc6ccccc6c5-c5cccc6cccc4c56)cc3)c3ccc4c5ccccc5n(-c5ccccc5)c4c3)cc2)cc1. The molecule has 0 amide bonds. The second kappa shape index (κ2) is 13.6. The summed E-state index contributed by atoms with van der Waals surface area (Å²) < 4.78 is 2.43. The number of nitrogens with zero attached hydrogens (tertiary/aromatic N) is 1. The van der Waals surface area contributed by atoms with Gasteiger partial charge in [0.15, 0.2) is 0 Å². The van der Waals surface area contributed by atoms with Gasteiger partial charge in [0.1, 0.15) is 0 Å². The molecule has 1 aromatic heterocycles. The van der Waals surface area contributed by atoms with Crippen molar-refractivity contribution in [2.75, 3.05) is 0 Å². The lowest BCUT2D eigenvalue weighted by atomic mass is 9.72. The largest absolute Gasteiger partial charge is 0.309 e. The highest BCUT2D eigenvalue weighted by Gasteiger charge is 2.30. The van der Waals surface area contributed by atoms with Gasteiger partial charge in [0.25, 0.3) is 0 Å². The molecule has 11 aromatic rings. The van der Waals surface area contributed by atoms with Gasteiger partial charge in [-0.1, -0.05) is 200 Å². The standard InChI is InChI=1S/C58H39N/c1-3-13-38(14-4-1)39-25-27-42(28-26-39)55(45-34-35-49-48-21-9-10-24-53(48)59(54(49)37-45)46-18-5-2-6-19-46)43-29-31-44(32-30-43)57-50-22-11-16-41-17-12-23-51(56(41)50)58-47-20-8-7-15-40(47)33-36-52(57)58/h1-37,55,57H. The van der Waals surface area contributed by atoms with Crippen LogP contribution >= 0.6 is 0 Å². The van der Waals surface area contributed by atoms with Gasteiger partial charge in [0.05, 0.1) is 11.0 Å². The van der Waals surface area contributed by atoms with Crippen LogP contribution in [0.4, 0.5) is 0 Å². The van der Waals surface area contributed by atoms with Gasteiger partial charge in [-0.3, -0.25) is 0 Å². The highest BCUT2D eigenvalue weighted by Crippen LogP contribution is 2.50. The molecule has 12 rings (SSSR count). The number of para-hydroxylation sites is 2. The van der Waals surface area contributed by atoms with Gasteiger partial charge >= 0.3 is 0 Å². The number of aromatic nitrogens is 1. The van der Waals surface area contributed by atoms with Crippen LogP contribution < -0.4 is 0 Å². The second-order valence-corrected chi connectivity index (χ2v) is 16.0. The zero-order chi connectivity index (χ0) is 38.9. The zero-order valence-electron chi connectivity index (χ0n) is 32.5. The summed E-state index contributed by atoms with van der Waals surface area (Å²) in [5.41, 5.74) is 16.6. The minimum absolute atomic E-state index is 0.0206. The molecule has 59 heavy (non-hydrogen) atoms. The first-order valence-electron chi connectivity index (χ1n) is 20.7. The summed E-state index contributed by atoms with van der Waals surface area (Å²) in [6.07, 6.45) is 0. The maximum atomic E-state index is 2.44. The third-order valence-corrected chi connectivity index (χ3v) is 12.8. The van der Waals surface area contributed by atoms with Crippen LogP contribution in [0.25, 0.3) is 71.3 Å². The average Bonchev–Trinajstić information content (AvgIpc) is 3.64. The van der Waals surface area contributed by atoms with E-state index in [9.17, 15) is 0 Å². The maximum Gasteiger partial charge on any atom is 0.0544 e. The van der Waals surface area contributed by atoms with Crippen molar-refractivity contribution in [3.63, 3.8) is 0 Å². The fourth-order valence-corrected chi connectivity index (χ4v) is 10.2. The van der Waals surface area contributed by atoms with E-state index in [2.05, 4.69) is 229 Å². The summed E-state index contributed by atoms with van der Waals surface area (Å²) in [6.45, 7) is 0. The average molecular weight is 750 g/mol. The lowest BCUT2D eigenvalue weighted by Gasteiger charge is -2.30. The van der Waals surface area contributed by atoms with Gasteiger partial charge in [-0.15, -0.1) is 0 Å². The Balaban J connectivity index is 1.04. The molecule has 0 saturated carbocycles. The molecule has 2 atom stereocenters. The summed E-state index contributed by atoms with van der Waals surface area (Å²) >= 11 is 0. The number of benzene rings is 10. The van der Waals surface area contributed by atoms with E-state index in [1.165, 1.54) is 105 Å². The Hall–Kier alpha value is -7.48. The van der Waals surface area contributed by atoms with Crippen LogP contribution in [0, 0.1) is 0 Å². The summed E-state index contributed by atoms with van der Waals surface area (Å²) in [5.74, 6) is 0.135. The van der Waals surface area contributed by atoms with E-state index in [0.717, 1.165) is 0 Å². The monoisotopic (exact) mass is 749 g/mol. The smallest absolute Gasteiger partial charge is 0.0544 e. The van der Waals surface area contributed by atoms with E-state index < -0.39 is 0 Å². The van der Waals surface area contributed by atoms with Crippen molar-refractivity contribution in [1.82, 2.24) is 4.57 Å². The van der Waals surface area contributed by atoms with Crippen LogP contribution in [0.3, 0.4) is 0 Å². The van der Waals surface area contributed by atoms with E-state index in [-0.39, 0.29) is 11.8 Å². The number of rotatable bonds is 6. The molecule has 0 bridgehead atoms. The first-order chi connectivity index (χ1) is 29.3. The Morgan fingerprint density at radius 1 is 0.373 bits per heavy atom. The molecule has 1 heterocycles. The fourth-order valence-electron chi connectivity index (χ4n) is 10.2. The van der Waals surface area contributed by atoms with Gasteiger partial charge in [-0.05, 0) is 101 Å².